The second-order valence-corrected chi connectivity index (χ2v) is 1.04. The van der Waals surface area contributed by atoms with Crippen molar-refractivity contribution in [3.63, 3.8) is 0 Å². The van der Waals surface area contributed by atoms with Crippen LogP contribution < -0.4 is 34.0 Å². The second-order valence-electron chi connectivity index (χ2n) is 1.04. The number of carboxylic acids is 2. The molecule has 0 aliphatic heterocycles. The molecule has 0 aliphatic carbocycles. The SMILES string of the molecule is CC(=O)O.CC(=O)O.[Br-].[Br-]. The van der Waals surface area contributed by atoms with Gasteiger partial charge in [0.25, 0.3) is 11.9 Å². The zero-order chi connectivity index (χ0) is 7.15. The third-order valence-corrected chi connectivity index (χ3v) is 0. The van der Waals surface area contributed by atoms with Gasteiger partial charge < -0.3 is 44.2 Å². The van der Waals surface area contributed by atoms with Crippen molar-refractivity contribution < 1.29 is 53.8 Å². The van der Waals surface area contributed by atoms with Gasteiger partial charge in [-0.1, -0.05) is 0 Å². The maximum atomic E-state index is 9.00. The normalized spacial score (nSPS) is 5.00. The largest absolute Gasteiger partial charge is 1.00 e. The minimum atomic E-state index is -0.833. The van der Waals surface area contributed by atoms with Gasteiger partial charge >= 0.3 is 0 Å². The number of hydrogen-bond donors (Lipinski definition) is 2. The van der Waals surface area contributed by atoms with Gasteiger partial charge in [-0.25, -0.2) is 0 Å². The molecule has 0 rings (SSSR count). The van der Waals surface area contributed by atoms with Crippen LogP contribution in [-0.4, -0.2) is 22.2 Å². The molecule has 0 aromatic heterocycles. The maximum absolute atomic E-state index is 9.00. The molecule has 0 aromatic carbocycles. The summed E-state index contributed by atoms with van der Waals surface area (Å²) < 4.78 is 0. The van der Waals surface area contributed by atoms with E-state index in [-0.39, 0.29) is 34.0 Å². The topological polar surface area (TPSA) is 74.6 Å². The quantitative estimate of drug-likeness (QED) is 0.463. The molecule has 0 amide bonds. The Kier molecular flexibility index (Phi) is 35.9. The van der Waals surface area contributed by atoms with Crippen molar-refractivity contribution in [2.75, 3.05) is 0 Å². The summed E-state index contributed by atoms with van der Waals surface area (Å²) in [5, 5.41) is 14.8. The van der Waals surface area contributed by atoms with E-state index in [2.05, 4.69) is 0 Å². The molecule has 0 radical (unpaired) electrons. The van der Waals surface area contributed by atoms with E-state index in [1.165, 1.54) is 0 Å². The van der Waals surface area contributed by atoms with Gasteiger partial charge in [0.15, 0.2) is 0 Å². The lowest BCUT2D eigenvalue weighted by molar-refractivity contribution is -0.135. The van der Waals surface area contributed by atoms with Crippen molar-refractivity contribution in [2.45, 2.75) is 13.8 Å². The summed E-state index contributed by atoms with van der Waals surface area (Å²) in [6.07, 6.45) is 0. The van der Waals surface area contributed by atoms with Gasteiger partial charge in [0.1, 0.15) is 0 Å². The first-order valence-electron chi connectivity index (χ1n) is 1.86. The summed E-state index contributed by atoms with van der Waals surface area (Å²) in [5.74, 6) is -1.67. The van der Waals surface area contributed by atoms with E-state index in [1.807, 2.05) is 0 Å². The average Bonchev–Trinajstić information content (AvgIpc) is 1.25. The van der Waals surface area contributed by atoms with Gasteiger partial charge in [0, 0.05) is 13.8 Å². The molecule has 0 fully saturated rings. The summed E-state index contributed by atoms with van der Waals surface area (Å²) >= 11 is 0. The number of rotatable bonds is 0. The zero-order valence-corrected chi connectivity index (χ0v) is 8.64. The van der Waals surface area contributed by atoms with Gasteiger partial charge in [-0.15, -0.1) is 0 Å². The van der Waals surface area contributed by atoms with Crippen LogP contribution in [0.5, 0.6) is 0 Å². The molecule has 0 spiro atoms. The van der Waals surface area contributed by atoms with E-state index in [9.17, 15) is 0 Å². The highest BCUT2D eigenvalue weighted by Crippen LogP contribution is 1.42. The van der Waals surface area contributed by atoms with Gasteiger partial charge in [-0.05, 0) is 0 Å². The molecular formula is C4H8Br2O4-2. The van der Waals surface area contributed by atoms with E-state index in [4.69, 9.17) is 19.8 Å². The first kappa shape index (κ1) is 22.5. The van der Waals surface area contributed by atoms with Crippen molar-refractivity contribution in [1.82, 2.24) is 0 Å². The van der Waals surface area contributed by atoms with E-state index < -0.39 is 11.9 Å². The summed E-state index contributed by atoms with van der Waals surface area (Å²) in [7, 11) is 0. The highest BCUT2D eigenvalue weighted by Gasteiger charge is 1.65. The molecule has 0 bridgehead atoms. The van der Waals surface area contributed by atoms with Crippen LogP contribution in [0.25, 0.3) is 0 Å². The highest BCUT2D eigenvalue weighted by molar-refractivity contribution is 5.63. The summed E-state index contributed by atoms with van der Waals surface area (Å²) in [6.45, 7) is 2.17. The Morgan fingerprint density at radius 2 is 0.900 bits per heavy atom. The molecule has 0 aliphatic rings. The number of carbonyl (C=O) groups is 2. The van der Waals surface area contributed by atoms with Crippen molar-refractivity contribution >= 4 is 11.9 Å². The Balaban J connectivity index is -0.0000000300. The highest BCUT2D eigenvalue weighted by atomic mass is 79.9. The molecule has 0 unspecified atom stereocenters. The van der Waals surface area contributed by atoms with Crippen LogP contribution in [0.1, 0.15) is 13.8 Å². The van der Waals surface area contributed by atoms with Crippen molar-refractivity contribution in [3.8, 4) is 0 Å². The predicted molar refractivity (Wildman–Crippen MR) is 26.6 cm³/mol. The monoisotopic (exact) mass is 278 g/mol. The standard InChI is InChI=1S/2C2H4O2.2BrH/c2*1-2(3)4;;/h2*1H3,(H,3,4);2*1H/p-2. The Morgan fingerprint density at radius 3 is 0.900 bits per heavy atom. The number of halogens is 2. The lowest BCUT2D eigenvalue weighted by Crippen LogP contribution is -3.00. The average molecular weight is 280 g/mol. The van der Waals surface area contributed by atoms with E-state index in [1.54, 1.807) is 0 Å². The van der Waals surface area contributed by atoms with Crippen molar-refractivity contribution in [1.29, 1.82) is 0 Å². The van der Waals surface area contributed by atoms with Crippen LogP contribution >= 0.6 is 0 Å². The fourth-order valence-electron chi connectivity index (χ4n) is 0. The zero-order valence-electron chi connectivity index (χ0n) is 5.47. The van der Waals surface area contributed by atoms with Crippen LogP contribution in [0.2, 0.25) is 0 Å². The van der Waals surface area contributed by atoms with Crippen LogP contribution in [-0.2, 0) is 9.59 Å². The first-order chi connectivity index (χ1) is 3.46. The molecule has 6 heteroatoms. The minimum Gasteiger partial charge on any atom is -1.00 e. The minimum absolute atomic E-state index is 0. The molecule has 0 heterocycles. The van der Waals surface area contributed by atoms with Crippen molar-refractivity contribution in [2.24, 2.45) is 0 Å². The van der Waals surface area contributed by atoms with Crippen LogP contribution in [0.3, 0.4) is 0 Å². The summed E-state index contributed by atoms with van der Waals surface area (Å²) in [6, 6.07) is 0. The molecule has 4 nitrogen and oxygen atoms in total. The molecule has 0 aromatic rings. The molecule has 0 atom stereocenters. The third kappa shape index (κ3) is 37600. The van der Waals surface area contributed by atoms with E-state index >= 15 is 0 Å². The maximum Gasteiger partial charge on any atom is 0.300 e. The smallest absolute Gasteiger partial charge is 0.300 e. The Labute approximate surface area is 79.8 Å². The lowest BCUT2D eigenvalue weighted by Gasteiger charge is -1.59. The molecular weight excluding hydrogens is 272 g/mol. The van der Waals surface area contributed by atoms with Crippen LogP contribution in [0.15, 0.2) is 0 Å². The first-order valence-corrected chi connectivity index (χ1v) is 1.86. The molecule has 0 saturated heterocycles. The third-order valence-electron chi connectivity index (χ3n) is 0. The van der Waals surface area contributed by atoms with Crippen LogP contribution in [0, 0.1) is 0 Å². The number of carboxylic acid groups (broad SMARTS) is 2. The molecule has 0 saturated carbocycles. The lowest BCUT2D eigenvalue weighted by atomic mass is 10.9. The van der Waals surface area contributed by atoms with Gasteiger partial charge in [-0.3, -0.25) is 9.59 Å². The number of aliphatic carboxylic acids is 2. The Morgan fingerprint density at radius 1 is 0.900 bits per heavy atom. The van der Waals surface area contributed by atoms with Crippen molar-refractivity contribution in [3.05, 3.63) is 0 Å². The molecule has 2 N–H and O–H groups in total. The van der Waals surface area contributed by atoms with Gasteiger partial charge in [0.05, 0.1) is 0 Å². The van der Waals surface area contributed by atoms with Crippen LogP contribution in [0.4, 0.5) is 0 Å². The molecule has 10 heavy (non-hydrogen) atoms. The second kappa shape index (κ2) is 16.0. The van der Waals surface area contributed by atoms with E-state index in [0.717, 1.165) is 13.8 Å². The van der Waals surface area contributed by atoms with Gasteiger partial charge in [0.2, 0.25) is 0 Å². The molecule has 64 valence electrons. The Hall–Kier alpha value is -0.100. The summed E-state index contributed by atoms with van der Waals surface area (Å²) in [4.78, 5) is 18.0. The van der Waals surface area contributed by atoms with Gasteiger partial charge in [-0.2, -0.15) is 0 Å². The summed E-state index contributed by atoms with van der Waals surface area (Å²) in [5.41, 5.74) is 0. The number of hydrogen-bond acceptors (Lipinski definition) is 2. The predicted octanol–water partition coefficient (Wildman–Crippen LogP) is -5.81. The fourth-order valence-corrected chi connectivity index (χ4v) is 0. The Bertz CT molecular complexity index is 73.3. The fraction of sp³-hybridized carbons (Fsp3) is 0.500. The van der Waals surface area contributed by atoms with E-state index in [0.29, 0.717) is 0 Å².